The van der Waals surface area contributed by atoms with Crippen molar-refractivity contribution in [3.63, 3.8) is 0 Å². The van der Waals surface area contributed by atoms with E-state index in [1.165, 1.54) is 0 Å². The van der Waals surface area contributed by atoms with E-state index in [9.17, 15) is 18.9 Å². The molecular formula is C9H22NO7P2+. The molecule has 19 heavy (non-hydrogen) atoms. The van der Waals surface area contributed by atoms with Crippen molar-refractivity contribution in [2.24, 2.45) is 0 Å². The number of hydrogen-bond acceptors (Lipinski definition) is 3. The molecule has 0 saturated carbocycles. The zero-order valence-corrected chi connectivity index (χ0v) is 12.8. The van der Waals surface area contributed by atoms with Crippen molar-refractivity contribution in [1.29, 1.82) is 0 Å². The number of quaternary nitrogens is 1. The lowest BCUT2D eigenvalue weighted by molar-refractivity contribution is -0.920. The third-order valence-corrected chi connectivity index (χ3v) is 5.38. The molecule has 1 fully saturated rings. The highest BCUT2D eigenvalue weighted by molar-refractivity contribution is 7.53. The summed E-state index contributed by atoms with van der Waals surface area (Å²) >= 11 is 0. The van der Waals surface area contributed by atoms with Crippen molar-refractivity contribution in [3.05, 3.63) is 0 Å². The maximum Gasteiger partial charge on any atom is 0.470 e. The van der Waals surface area contributed by atoms with Crippen molar-refractivity contribution in [3.8, 4) is 0 Å². The van der Waals surface area contributed by atoms with Gasteiger partial charge in [0, 0.05) is 6.42 Å². The van der Waals surface area contributed by atoms with Crippen LogP contribution in [-0.4, -0.2) is 56.6 Å². The van der Waals surface area contributed by atoms with Gasteiger partial charge in [0.15, 0.2) is 5.85 Å². The topological polar surface area (TPSA) is 124 Å². The van der Waals surface area contributed by atoms with Crippen LogP contribution in [0.1, 0.15) is 25.7 Å². The third-order valence-electron chi connectivity index (χ3n) is 3.62. The minimum absolute atomic E-state index is 0.0671. The Kier molecular flexibility index (Phi) is 5.38. The minimum atomic E-state index is -4.93. The van der Waals surface area contributed by atoms with Crippen molar-refractivity contribution in [2.75, 3.05) is 20.6 Å². The molecule has 4 N–H and O–H groups in total. The number of hydrogen-bond donors (Lipinski definition) is 4. The first-order valence-electron chi connectivity index (χ1n) is 6.04. The second kappa shape index (κ2) is 5.92. The Morgan fingerprint density at radius 3 is 2.21 bits per heavy atom. The molecule has 0 amide bonds. The van der Waals surface area contributed by atoms with Crippen LogP contribution in [0.5, 0.6) is 0 Å². The van der Waals surface area contributed by atoms with E-state index in [0.717, 1.165) is 25.8 Å². The summed E-state index contributed by atoms with van der Waals surface area (Å²) in [6.07, 6.45) is 2.66. The van der Waals surface area contributed by atoms with Gasteiger partial charge in [-0.05, 0) is 19.3 Å². The van der Waals surface area contributed by atoms with Crippen LogP contribution in [0, 0.1) is 0 Å². The fourth-order valence-corrected chi connectivity index (χ4v) is 4.25. The lowest BCUT2D eigenvalue weighted by Gasteiger charge is -2.42. The Hall–Kier alpha value is 0.220. The van der Waals surface area contributed by atoms with Gasteiger partial charge < -0.3 is 24.1 Å². The monoisotopic (exact) mass is 318 g/mol. The first-order chi connectivity index (χ1) is 8.42. The molecule has 1 heterocycles. The summed E-state index contributed by atoms with van der Waals surface area (Å²) in [6, 6.07) is -0.0853. The number of rotatable bonds is 5. The third kappa shape index (κ3) is 5.61. The van der Waals surface area contributed by atoms with Crippen molar-refractivity contribution in [1.82, 2.24) is 0 Å². The Bertz CT molecular complexity index is 401. The maximum absolute atomic E-state index is 11.3. The van der Waals surface area contributed by atoms with E-state index in [2.05, 4.69) is 4.52 Å². The minimum Gasteiger partial charge on any atom is -0.326 e. The maximum atomic E-state index is 11.3. The number of likely N-dealkylation sites (tertiary alicyclic amines) is 1. The first-order valence-corrected chi connectivity index (χ1v) is 9.25. The highest BCUT2D eigenvalue weighted by Gasteiger charge is 2.42. The molecular weight excluding hydrogens is 296 g/mol. The SMILES string of the molecule is C[N+]1(C)CCCCC1CC(OP(=O)(O)O)P(=O)(O)O. The summed E-state index contributed by atoms with van der Waals surface area (Å²) < 4.78 is 27.0. The highest BCUT2D eigenvalue weighted by Crippen LogP contribution is 2.52. The van der Waals surface area contributed by atoms with Gasteiger partial charge in [-0.25, -0.2) is 4.57 Å². The van der Waals surface area contributed by atoms with Gasteiger partial charge in [-0.1, -0.05) is 0 Å². The zero-order chi connectivity index (χ0) is 14.9. The van der Waals surface area contributed by atoms with Crippen molar-refractivity contribution >= 4 is 15.4 Å². The molecule has 0 aromatic rings. The zero-order valence-electron chi connectivity index (χ0n) is 11.0. The summed E-state index contributed by atoms with van der Waals surface area (Å²) in [7, 11) is -5.76. The normalized spacial score (nSPS) is 26.1. The lowest BCUT2D eigenvalue weighted by atomic mass is 9.98. The Balaban J connectivity index is 2.83. The fraction of sp³-hybridized carbons (Fsp3) is 1.00. The lowest BCUT2D eigenvalue weighted by Crippen LogP contribution is -2.53. The van der Waals surface area contributed by atoms with E-state index < -0.39 is 21.3 Å². The molecule has 0 aromatic carbocycles. The molecule has 0 radical (unpaired) electrons. The van der Waals surface area contributed by atoms with Gasteiger partial charge in [0.1, 0.15) is 0 Å². The Labute approximate surface area is 112 Å². The van der Waals surface area contributed by atoms with Crippen molar-refractivity contribution in [2.45, 2.75) is 37.6 Å². The standard InChI is InChI=1S/C9H21NO7P2/c1-10(2)6-4-3-5-8(10)7-9(18(11,12)13)17-19(14,15)16/h8-9H,3-7H2,1-2H3,(H3-,11,12,13,14,15,16)/p+1. The first kappa shape index (κ1) is 17.3. The van der Waals surface area contributed by atoms with Gasteiger partial charge in [-0.3, -0.25) is 9.09 Å². The highest BCUT2D eigenvalue weighted by atomic mass is 31.2. The molecule has 1 aliphatic heterocycles. The van der Waals surface area contributed by atoms with Gasteiger partial charge in [0.05, 0.1) is 26.7 Å². The molecule has 1 rings (SSSR count). The smallest absolute Gasteiger partial charge is 0.326 e. The number of phosphoric acid groups is 1. The van der Waals surface area contributed by atoms with Crippen LogP contribution >= 0.6 is 15.4 Å². The molecule has 0 aromatic heterocycles. The molecule has 2 unspecified atom stereocenters. The molecule has 0 spiro atoms. The molecule has 2 atom stereocenters. The van der Waals surface area contributed by atoms with E-state index in [-0.39, 0.29) is 12.5 Å². The number of piperidine rings is 1. The molecule has 0 bridgehead atoms. The summed E-state index contributed by atoms with van der Waals surface area (Å²) in [6.45, 7) is 0.870. The van der Waals surface area contributed by atoms with Gasteiger partial charge in [0.25, 0.3) is 0 Å². The van der Waals surface area contributed by atoms with E-state index in [1.807, 2.05) is 14.1 Å². The summed E-state index contributed by atoms with van der Waals surface area (Å²) in [5.74, 6) is -1.76. The summed E-state index contributed by atoms with van der Waals surface area (Å²) in [5, 5.41) is 0. The van der Waals surface area contributed by atoms with Gasteiger partial charge in [-0.15, -0.1) is 0 Å². The molecule has 10 heteroatoms. The second-order valence-electron chi connectivity index (χ2n) is 5.53. The second-order valence-corrected chi connectivity index (χ2v) is 8.47. The van der Waals surface area contributed by atoms with E-state index in [0.29, 0.717) is 4.48 Å². The van der Waals surface area contributed by atoms with Gasteiger partial charge >= 0.3 is 15.4 Å². The van der Waals surface area contributed by atoms with Gasteiger partial charge in [-0.2, -0.15) is 0 Å². The number of nitrogens with zero attached hydrogens (tertiary/aromatic N) is 1. The van der Waals surface area contributed by atoms with Crippen LogP contribution in [0.4, 0.5) is 0 Å². The largest absolute Gasteiger partial charge is 0.470 e. The molecule has 1 aliphatic rings. The molecule has 1 saturated heterocycles. The van der Waals surface area contributed by atoms with Crippen LogP contribution in [-0.2, 0) is 13.7 Å². The van der Waals surface area contributed by atoms with Gasteiger partial charge in [0.2, 0.25) is 0 Å². The van der Waals surface area contributed by atoms with E-state index in [4.69, 9.17) is 9.79 Å². The Morgan fingerprint density at radius 1 is 1.21 bits per heavy atom. The average molecular weight is 318 g/mol. The predicted octanol–water partition coefficient (Wildman–Crippen LogP) is 0.618. The Morgan fingerprint density at radius 2 is 1.79 bits per heavy atom. The average Bonchev–Trinajstić information content (AvgIpc) is 2.16. The van der Waals surface area contributed by atoms with Crippen molar-refractivity contribution < 1.29 is 37.7 Å². The number of phosphoric ester groups is 1. The summed E-state index contributed by atoms with van der Waals surface area (Å²) in [4.78, 5) is 35.9. The molecule has 0 aliphatic carbocycles. The quantitative estimate of drug-likeness (QED) is 0.432. The van der Waals surface area contributed by atoms with Crippen LogP contribution in [0.3, 0.4) is 0 Å². The van der Waals surface area contributed by atoms with E-state index in [1.54, 1.807) is 0 Å². The van der Waals surface area contributed by atoms with Crippen LogP contribution < -0.4 is 0 Å². The van der Waals surface area contributed by atoms with Crippen LogP contribution in [0.25, 0.3) is 0 Å². The van der Waals surface area contributed by atoms with Crippen LogP contribution in [0.2, 0.25) is 0 Å². The fourth-order valence-electron chi connectivity index (χ4n) is 2.47. The van der Waals surface area contributed by atoms with E-state index >= 15 is 0 Å². The molecule has 8 nitrogen and oxygen atoms in total. The van der Waals surface area contributed by atoms with Crippen LogP contribution in [0.15, 0.2) is 0 Å². The predicted molar refractivity (Wildman–Crippen MR) is 68.2 cm³/mol. The molecule has 114 valence electrons. The summed E-state index contributed by atoms with van der Waals surface area (Å²) in [5.41, 5.74) is 0.